The normalized spacial score (nSPS) is 17.5. The van der Waals surface area contributed by atoms with Crippen LogP contribution in [0.2, 0.25) is 0 Å². The Bertz CT molecular complexity index is 1510. The molecule has 0 atom stereocenters. The third kappa shape index (κ3) is 5.47. The van der Waals surface area contributed by atoms with Gasteiger partial charge >= 0.3 is 0 Å². The van der Waals surface area contributed by atoms with Crippen LogP contribution in [0.3, 0.4) is 0 Å². The Morgan fingerprint density at radius 2 is 1.97 bits per heavy atom. The molecule has 8 nitrogen and oxygen atoms in total. The smallest absolute Gasteiger partial charge is 0.290 e. The number of fused-ring (bicyclic) bond motifs is 1. The lowest BCUT2D eigenvalue weighted by Gasteiger charge is -2.32. The first-order chi connectivity index (χ1) is 18.6. The zero-order valence-electron chi connectivity index (χ0n) is 20.6. The number of imide groups is 1. The summed E-state index contributed by atoms with van der Waals surface area (Å²) < 4.78 is 0. The summed E-state index contributed by atoms with van der Waals surface area (Å²) in [5, 5.41) is 12.2. The summed E-state index contributed by atoms with van der Waals surface area (Å²) in [6.45, 7) is 3.40. The molecule has 0 bridgehead atoms. The number of piperidine rings is 1. The predicted octanol–water partition coefficient (Wildman–Crippen LogP) is 5.08. The maximum absolute atomic E-state index is 11.8. The summed E-state index contributed by atoms with van der Waals surface area (Å²) >= 11 is 2.58. The van der Waals surface area contributed by atoms with Crippen molar-refractivity contribution in [2.75, 3.05) is 24.5 Å². The fraction of sp³-hybridized carbons (Fsp3) is 0.250. The number of anilines is 1. The summed E-state index contributed by atoms with van der Waals surface area (Å²) in [6.07, 6.45) is 5.41. The van der Waals surface area contributed by atoms with Crippen LogP contribution in [0.4, 0.5) is 10.7 Å². The quantitative estimate of drug-likeness (QED) is 0.312. The number of pyridine rings is 1. The molecule has 2 saturated heterocycles. The van der Waals surface area contributed by atoms with Gasteiger partial charge in [-0.25, -0.2) is 9.97 Å². The predicted molar refractivity (Wildman–Crippen MR) is 153 cm³/mol. The van der Waals surface area contributed by atoms with Crippen molar-refractivity contribution in [3.8, 4) is 11.3 Å². The highest BCUT2D eigenvalue weighted by molar-refractivity contribution is 8.18. The van der Waals surface area contributed by atoms with E-state index in [1.807, 2.05) is 0 Å². The lowest BCUT2D eigenvalue weighted by atomic mass is 9.97. The molecule has 192 valence electrons. The molecule has 2 aliphatic heterocycles. The van der Waals surface area contributed by atoms with E-state index in [1.165, 1.54) is 10.8 Å². The molecule has 4 aromatic rings. The number of nitrogens with one attached hydrogen (secondary N) is 2. The minimum atomic E-state index is -0.380. The third-order valence-electron chi connectivity index (χ3n) is 6.84. The number of hydrogen-bond acceptors (Lipinski definition) is 9. The second kappa shape index (κ2) is 11.0. The second-order valence-corrected chi connectivity index (χ2v) is 11.2. The molecule has 0 radical (unpaired) electrons. The molecule has 2 N–H and O–H groups in total. The molecular formula is C28H26N6O2S2. The Labute approximate surface area is 228 Å². The molecule has 6 rings (SSSR count). The van der Waals surface area contributed by atoms with Gasteiger partial charge in [0.05, 0.1) is 22.0 Å². The molecule has 0 unspecified atom stereocenters. The Kier molecular flexibility index (Phi) is 7.17. The van der Waals surface area contributed by atoms with Crippen molar-refractivity contribution in [3.05, 3.63) is 75.7 Å². The standard InChI is InChI=1S/C28H26N6O2S2/c35-26-25(38-28(36)33-26)14-21-5-9-30-27(31-21)34-10-6-18(7-11-34)15-29-16-24-22-4-2-1-3-19(22)13-23(32-24)20-8-12-37-17-20/h1-5,8-9,12-14,17-18,29H,6-7,10-11,15-16H2,(H,33,35,36). The third-order valence-corrected chi connectivity index (χ3v) is 8.34. The van der Waals surface area contributed by atoms with Crippen molar-refractivity contribution < 1.29 is 9.59 Å². The molecule has 10 heteroatoms. The molecule has 5 heterocycles. The maximum Gasteiger partial charge on any atom is 0.290 e. The Balaban J connectivity index is 1.06. The highest BCUT2D eigenvalue weighted by atomic mass is 32.2. The summed E-state index contributed by atoms with van der Waals surface area (Å²) in [6, 6.07) is 14.5. The Morgan fingerprint density at radius 3 is 2.76 bits per heavy atom. The van der Waals surface area contributed by atoms with Crippen LogP contribution in [0.15, 0.2) is 64.3 Å². The number of carbonyl (C=O) groups is 2. The van der Waals surface area contributed by atoms with Gasteiger partial charge in [0.1, 0.15) is 0 Å². The SMILES string of the molecule is O=C1NC(=O)C(=Cc2ccnc(N3CCC(CNCc4nc(-c5ccsc5)cc5ccccc45)CC3)n2)S1. The van der Waals surface area contributed by atoms with Gasteiger partial charge in [-0.05, 0) is 72.1 Å². The molecule has 0 spiro atoms. The lowest BCUT2D eigenvalue weighted by molar-refractivity contribution is -0.115. The highest BCUT2D eigenvalue weighted by Gasteiger charge is 2.26. The molecule has 2 aliphatic rings. The number of thiophene rings is 1. The summed E-state index contributed by atoms with van der Waals surface area (Å²) in [4.78, 5) is 39.9. The number of rotatable bonds is 7. The zero-order valence-corrected chi connectivity index (χ0v) is 22.2. The average molecular weight is 543 g/mol. The van der Waals surface area contributed by atoms with E-state index >= 15 is 0 Å². The molecular weight excluding hydrogens is 516 g/mol. The maximum atomic E-state index is 11.8. The number of aromatic nitrogens is 3. The van der Waals surface area contributed by atoms with Gasteiger partial charge in [0.2, 0.25) is 5.95 Å². The van der Waals surface area contributed by atoms with Crippen molar-refractivity contribution in [2.45, 2.75) is 19.4 Å². The van der Waals surface area contributed by atoms with Gasteiger partial charge in [0, 0.05) is 42.2 Å². The summed E-state index contributed by atoms with van der Waals surface area (Å²) in [5.41, 5.74) is 3.88. The van der Waals surface area contributed by atoms with Crippen molar-refractivity contribution in [1.82, 2.24) is 25.6 Å². The van der Waals surface area contributed by atoms with E-state index < -0.39 is 0 Å². The van der Waals surface area contributed by atoms with Gasteiger partial charge in [0.15, 0.2) is 0 Å². The van der Waals surface area contributed by atoms with E-state index in [-0.39, 0.29) is 11.1 Å². The van der Waals surface area contributed by atoms with Gasteiger partial charge in [-0.2, -0.15) is 11.3 Å². The van der Waals surface area contributed by atoms with Gasteiger partial charge in [0.25, 0.3) is 11.1 Å². The largest absolute Gasteiger partial charge is 0.341 e. The first-order valence-electron chi connectivity index (χ1n) is 12.6. The molecule has 3 aromatic heterocycles. The van der Waals surface area contributed by atoms with E-state index in [2.05, 4.69) is 72.7 Å². The van der Waals surface area contributed by atoms with Crippen LogP contribution in [0.1, 0.15) is 24.2 Å². The van der Waals surface area contributed by atoms with Crippen molar-refractivity contribution in [1.29, 1.82) is 0 Å². The first-order valence-corrected chi connectivity index (χ1v) is 14.3. The van der Waals surface area contributed by atoms with Crippen LogP contribution in [-0.2, 0) is 11.3 Å². The first kappa shape index (κ1) is 24.7. The fourth-order valence-electron chi connectivity index (χ4n) is 4.85. The Morgan fingerprint density at radius 1 is 1.11 bits per heavy atom. The fourth-order valence-corrected chi connectivity index (χ4v) is 6.16. The monoisotopic (exact) mass is 542 g/mol. The van der Waals surface area contributed by atoms with Gasteiger partial charge in [-0.1, -0.05) is 24.3 Å². The van der Waals surface area contributed by atoms with Crippen LogP contribution < -0.4 is 15.5 Å². The van der Waals surface area contributed by atoms with Gasteiger partial charge in [-0.15, -0.1) is 0 Å². The Hall–Kier alpha value is -3.60. The molecule has 0 aliphatic carbocycles. The van der Waals surface area contributed by atoms with Gasteiger partial charge < -0.3 is 10.2 Å². The number of hydrogen-bond donors (Lipinski definition) is 2. The van der Waals surface area contributed by atoms with Crippen LogP contribution >= 0.6 is 23.1 Å². The summed E-state index contributed by atoms with van der Waals surface area (Å²) in [5.74, 6) is 0.837. The number of benzene rings is 1. The van der Waals surface area contributed by atoms with E-state index in [0.29, 0.717) is 22.5 Å². The van der Waals surface area contributed by atoms with Crippen LogP contribution in [0.25, 0.3) is 28.1 Å². The number of nitrogens with zero attached hydrogens (tertiary/aromatic N) is 4. The molecule has 2 amide bonds. The van der Waals surface area contributed by atoms with Crippen molar-refractivity contribution in [3.63, 3.8) is 0 Å². The lowest BCUT2D eigenvalue weighted by Crippen LogP contribution is -2.38. The topological polar surface area (TPSA) is 100 Å². The number of amides is 2. The second-order valence-electron chi connectivity index (χ2n) is 9.38. The van der Waals surface area contributed by atoms with E-state index in [1.54, 1.807) is 29.7 Å². The van der Waals surface area contributed by atoms with Crippen LogP contribution in [0.5, 0.6) is 0 Å². The van der Waals surface area contributed by atoms with Crippen molar-refractivity contribution >= 4 is 57.0 Å². The van der Waals surface area contributed by atoms with Crippen LogP contribution in [0, 0.1) is 5.92 Å². The number of carbonyl (C=O) groups excluding carboxylic acids is 2. The minimum absolute atomic E-state index is 0.354. The average Bonchev–Trinajstić information content (AvgIpc) is 3.59. The van der Waals surface area contributed by atoms with Gasteiger partial charge in [-0.3, -0.25) is 19.9 Å². The van der Waals surface area contributed by atoms with Crippen LogP contribution in [-0.4, -0.2) is 45.7 Å². The van der Waals surface area contributed by atoms with E-state index in [9.17, 15) is 9.59 Å². The molecule has 38 heavy (non-hydrogen) atoms. The van der Waals surface area contributed by atoms with E-state index in [4.69, 9.17) is 4.98 Å². The molecule has 1 aromatic carbocycles. The highest BCUT2D eigenvalue weighted by Crippen LogP contribution is 2.28. The zero-order chi connectivity index (χ0) is 25.9. The number of thioether (sulfide) groups is 1. The van der Waals surface area contributed by atoms with Crippen molar-refractivity contribution in [2.24, 2.45) is 5.92 Å². The molecule has 0 saturated carbocycles. The minimum Gasteiger partial charge on any atom is -0.341 e. The summed E-state index contributed by atoms with van der Waals surface area (Å²) in [7, 11) is 0. The molecule has 2 fully saturated rings. The van der Waals surface area contributed by atoms with E-state index in [0.717, 1.165) is 67.7 Å².